The van der Waals surface area contributed by atoms with Gasteiger partial charge < -0.3 is 5.73 Å². The second kappa shape index (κ2) is 9.88. The van der Waals surface area contributed by atoms with Crippen LogP contribution in [0.25, 0.3) is 61.3 Å². The molecule has 0 bridgehead atoms. The maximum absolute atomic E-state index is 5.94. The Morgan fingerprint density at radius 2 is 0.848 bits per heavy atom. The zero-order chi connectivity index (χ0) is 31.5. The second-order valence-corrected chi connectivity index (χ2v) is 18.0. The van der Waals surface area contributed by atoms with E-state index in [-0.39, 0.29) is 10.8 Å². The molecule has 0 spiro atoms. The minimum absolute atomic E-state index is 0.0415. The molecule has 4 aromatic heterocycles. The van der Waals surface area contributed by atoms with Crippen LogP contribution in [-0.4, -0.2) is 0 Å². The molecule has 0 atom stereocenters. The number of nitrogen functional groups attached to an aromatic ring is 1. The van der Waals surface area contributed by atoms with Gasteiger partial charge in [-0.25, -0.2) is 0 Å². The molecule has 9 rings (SSSR count). The van der Waals surface area contributed by atoms with Crippen LogP contribution < -0.4 is 5.73 Å². The van der Waals surface area contributed by atoms with Gasteiger partial charge in [-0.05, 0) is 112 Å². The number of anilines is 1. The molecular weight excluding hydrogens is 635 g/mol. The first-order valence-electron chi connectivity index (χ1n) is 15.7. The molecule has 0 amide bonds. The summed E-state index contributed by atoms with van der Waals surface area (Å²) in [6.07, 6.45) is 0. The van der Waals surface area contributed by atoms with Gasteiger partial charge in [-0.1, -0.05) is 69.7 Å². The summed E-state index contributed by atoms with van der Waals surface area (Å²) in [6.45, 7) is 11.8. The molecule has 0 saturated carbocycles. The van der Waals surface area contributed by atoms with Gasteiger partial charge >= 0.3 is 0 Å². The monoisotopic (exact) mass is 667 g/mol. The Kier molecular flexibility index (Phi) is 6.12. The molecule has 46 heavy (non-hydrogen) atoms. The molecule has 2 aliphatic carbocycles. The van der Waals surface area contributed by atoms with E-state index in [1.807, 2.05) is 57.5 Å². The van der Waals surface area contributed by atoms with E-state index in [0.717, 1.165) is 5.69 Å². The number of rotatable bonds is 4. The van der Waals surface area contributed by atoms with Gasteiger partial charge in [0.15, 0.2) is 0 Å². The number of hydrogen-bond donors (Lipinski definition) is 1. The summed E-state index contributed by atoms with van der Waals surface area (Å²) in [5.41, 5.74) is 19.2. The van der Waals surface area contributed by atoms with E-state index in [0.29, 0.717) is 0 Å². The van der Waals surface area contributed by atoms with E-state index in [2.05, 4.69) is 120 Å². The highest BCUT2D eigenvalue weighted by Crippen LogP contribution is 2.61. The number of aryl methyl sites for hydroxylation is 1. The van der Waals surface area contributed by atoms with Crippen molar-refractivity contribution in [3.63, 3.8) is 0 Å². The lowest BCUT2D eigenvalue weighted by molar-refractivity contribution is 0.653. The number of fused-ring (bicyclic) bond motifs is 6. The standard InChI is InChI=1S/C41H33NS4/c1-22-6-8-23(9-7-22)32-14-16-34(43-32)36-20-30-38(45-36)26-18-29-27(19-28(26)40(30,2)3)39-31(41(29,4)5)21-37(46-39)35-17-15-33(44-35)24-10-12-25(42)13-11-24/h6-21H,42H2,1-5H3. The zero-order valence-corrected chi connectivity index (χ0v) is 29.7. The predicted octanol–water partition coefficient (Wildman–Crippen LogP) is 13.1. The van der Waals surface area contributed by atoms with Crippen molar-refractivity contribution in [3.8, 4) is 61.3 Å². The lowest BCUT2D eigenvalue weighted by Gasteiger charge is -2.24. The number of benzene rings is 3. The minimum atomic E-state index is -0.0465. The van der Waals surface area contributed by atoms with Crippen molar-refractivity contribution in [1.29, 1.82) is 0 Å². The average molecular weight is 668 g/mol. The summed E-state index contributed by atoms with van der Waals surface area (Å²) in [6, 6.07) is 36.2. The van der Waals surface area contributed by atoms with Gasteiger partial charge in [0, 0.05) is 55.5 Å². The largest absolute Gasteiger partial charge is 0.399 e. The van der Waals surface area contributed by atoms with E-state index >= 15 is 0 Å². The quantitative estimate of drug-likeness (QED) is 0.186. The van der Waals surface area contributed by atoms with Crippen molar-refractivity contribution < 1.29 is 0 Å². The third-order valence-corrected chi connectivity index (χ3v) is 15.0. The zero-order valence-electron chi connectivity index (χ0n) is 26.4. The maximum atomic E-state index is 5.94. The van der Waals surface area contributed by atoms with Gasteiger partial charge in [0.2, 0.25) is 0 Å². The summed E-state index contributed by atoms with van der Waals surface area (Å²) in [5, 5.41) is 0. The van der Waals surface area contributed by atoms with Gasteiger partial charge in [-0.3, -0.25) is 0 Å². The molecule has 0 radical (unpaired) electrons. The van der Waals surface area contributed by atoms with E-state index in [1.165, 1.54) is 89.1 Å². The molecule has 1 nitrogen and oxygen atoms in total. The lowest BCUT2D eigenvalue weighted by atomic mass is 9.79. The predicted molar refractivity (Wildman–Crippen MR) is 204 cm³/mol. The molecule has 3 aromatic carbocycles. The number of hydrogen-bond acceptors (Lipinski definition) is 5. The van der Waals surface area contributed by atoms with Crippen LogP contribution in [0.5, 0.6) is 0 Å². The van der Waals surface area contributed by atoms with Crippen LogP contribution in [0.3, 0.4) is 0 Å². The first kappa shape index (κ1) is 28.5. The second-order valence-electron chi connectivity index (χ2n) is 13.7. The van der Waals surface area contributed by atoms with Crippen LogP contribution in [0, 0.1) is 6.92 Å². The summed E-state index contributed by atoms with van der Waals surface area (Å²) in [5.74, 6) is 0. The molecule has 0 fully saturated rings. The first-order chi connectivity index (χ1) is 22.1. The van der Waals surface area contributed by atoms with Gasteiger partial charge in [-0.2, -0.15) is 0 Å². The highest BCUT2D eigenvalue weighted by Gasteiger charge is 2.43. The third-order valence-electron chi connectivity index (χ3n) is 10.0. The average Bonchev–Trinajstić information content (AvgIpc) is 3.88. The van der Waals surface area contributed by atoms with Gasteiger partial charge in [-0.15, -0.1) is 45.3 Å². The fraction of sp³-hybridized carbons (Fsp3) is 0.171. The molecule has 7 aromatic rings. The van der Waals surface area contributed by atoms with E-state index in [4.69, 9.17) is 5.73 Å². The minimum Gasteiger partial charge on any atom is -0.399 e. The lowest BCUT2D eigenvalue weighted by Crippen LogP contribution is -2.16. The molecule has 5 heteroatoms. The van der Waals surface area contributed by atoms with Crippen molar-refractivity contribution in [3.05, 3.63) is 125 Å². The Labute approximate surface area is 286 Å². The third kappa shape index (κ3) is 4.15. The van der Waals surface area contributed by atoms with Gasteiger partial charge in [0.25, 0.3) is 0 Å². The fourth-order valence-corrected chi connectivity index (χ4v) is 12.2. The number of nitrogens with two attached hydrogens (primary N) is 1. The molecule has 2 N–H and O–H groups in total. The Morgan fingerprint density at radius 3 is 1.30 bits per heavy atom. The Balaban J connectivity index is 1.09. The topological polar surface area (TPSA) is 26.0 Å². The molecule has 0 unspecified atom stereocenters. The van der Waals surface area contributed by atoms with Gasteiger partial charge in [0.05, 0.1) is 0 Å². The summed E-state index contributed by atoms with van der Waals surface area (Å²) in [7, 11) is 0. The van der Waals surface area contributed by atoms with Crippen molar-refractivity contribution in [1.82, 2.24) is 0 Å². The van der Waals surface area contributed by atoms with Crippen LogP contribution in [0.4, 0.5) is 5.69 Å². The van der Waals surface area contributed by atoms with E-state index < -0.39 is 0 Å². The normalized spacial score (nSPS) is 15.1. The highest BCUT2D eigenvalue weighted by atomic mass is 32.1. The highest BCUT2D eigenvalue weighted by molar-refractivity contribution is 7.26. The number of thiophene rings is 4. The Morgan fingerprint density at radius 1 is 0.435 bits per heavy atom. The van der Waals surface area contributed by atoms with Crippen LogP contribution in [0.15, 0.2) is 97.1 Å². The Hall–Kier alpha value is -3.74. The van der Waals surface area contributed by atoms with Crippen molar-refractivity contribution in [2.24, 2.45) is 0 Å². The molecule has 2 aliphatic rings. The smallest absolute Gasteiger partial charge is 0.0452 e. The summed E-state index contributed by atoms with van der Waals surface area (Å²) in [4.78, 5) is 10.9. The van der Waals surface area contributed by atoms with Crippen LogP contribution >= 0.6 is 45.3 Å². The van der Waals surface area contributed by atoms with Crippen molar-refractivity contribution in [2.75, 3.05) is 5.73 Å². The summed E-state index contributed by atoms with van der Waals surface area (Å²) < 4.78 is 0. The maximum Gasteiger partial charge on any atom is 0.0452 e. The van der Waals surface area contributed by atoms with Crippen molar-refractivity contribution >= 4 is 51.0 Å². The van der Waals surface area contributed by atoms with E-state index in [9.17, 15) is 0 Å². The molecule has 0 saturated heterocycles. The molecular formula is C41H33NS4. The van der Waals surface area contributed by atoms with Crippen LogP contribution in [-0.2, 0) is 10.8 Å². The molecule has 4 heterocycles. The Bertz CT molecular complexity index is 2150. The van der Waals surface area contributed by atoms with E-state index in [1.54, 1.807) is 0 Å². The SMILES string of the molecule is Cc1ccc(-c2ccc(-c3cc4c(s3)-c3cc5c(cc3C4(C)C)-c3sc(-c4ccc(-c6ccc(N)cc6)s4)cc3C5(C)C)s2)cc1. The fourth-order valence-electron chi connectivity index (χ4n) is 7.27. The summed E-state index contributed by atoms with van der Waals surface area (Å²) >= 11 is 7.70. The van der Waals surface area contributed by atoms with Crippen molar-refractivity contribution in [2.45, 2.75) is 45.4 Å². The van der Waals surface area contributed by atoms with Gasteiger partial charge in [0.1, 0.15) is 0 Å². The van der Waals surface area contributed by atoms with Crippen LogP contribution in [0.2, 0.25) is 0 Å². The first-order valence-corrected chi connectivity index (χ1v) is 19.0. The molecule has 226 valence electrons. The van der Waals surface area contributed by atoms with Crippen LogP contribution in [0.1, 0.15) is 55.5 Å². The molecule has 0 aliphatic heterocycles.